The monoisotopic (exact) mass is 296 g/mol. The maximum absolute atomic E-state index is 12.8. The van der Waals surface area contributed by atoms with Crippen LogP contribution in [0.2, 0.25) is 0 Å². The SMILES string of the molecule is Cc1cn(C(=O)CC2C[C@H]3CC[C@@H](C2)N3C)c2ccccc12. The fourth-order valence-electron chi connectivity index (χ4n) is 4.59. The molecule has 0 amide bonds. The summed E-state index contributed by atoms with van der Waals surface area (Å²) in [6.45, 7) is 2.09. The molecule has 0 N–H and O–H groups in total. The van der Waals surface area contributed by atoms with E-state index in [1.54, 1.807) is 0 Å². The summed E-state index contributed by atoms with van der Waals surface area (Å²) in [7, 11) is 2.25. The van der Waals surface area contributed by atoms with Gasteiger partial charge in [0.25, 0.3) is 0 Å². The summed E-state index contributed by atoms with van der Waals surface area (Å²) in [5.41, 5.74) is 2.24. The molecule has 1 aromatic carbocycles. The summed E-state index contributed by atoms with van der Waals surface area (Å²) in [4.78, 5) is 15.3. The summed E-state index contributed by atoms with van der Waals surface area (Å²) in [6, 6.07) is 9.63. The molecule has 0 saturated carbocycles. The van der Waals surface area contributed by atoms with Crippen molar-refractivity contribution in [3.8, 4) is 0 Å². The largest absolute Gasteiger partial charge is 0.300 e. The number of aryl methyl sites for hydroxylation is 1. The van der Waals surface area contributed by atoms with Gasteiger partial charge in [0.1, 0.15) is 0 Å². The van der Waals surface area contributed by atoms with Crippen molar-refractivity contribution in [2.24, 2.45) is 5.92 Å². The number of para-hydroxylation sites is 1. The minimum Gasteiger partial charge on any atom is -0.300 e. The van der Waals surface area contributed by atoms with Gasteiger partial charge in [-0.3, -0.25) is 9.36 Å². The first-order valence-electron chi connectivity index (χ1n) is 8.45. The number of rotatable bonds is 2. The van der Waals surface area contributed by atoms with E-state index in [1.807, 2.05) is 22.9 Å². The Morgan fingerprint density at radius 2 is 1.86 bits per heavy atom. The van der Waals surface area contributed by atoms with Crippen LogP contribution < -0.4 is 0 Å². The number of piperidine rings is 1. The second-order valence-electron chi connectivity index (χ2n) is 7.19. The predicted octanol–water partition coefficient (Wildman–Crippen LogP) is 3.85. The van der Waals surface area contributed by atoms with Crippen LogP contribution in [0.25, 0.3) is 10.9 Å². The first-order chi connectivity index (χ1) is 10.6. The van der Waals surface area contributed by atoms with Crippen LogP contribution in [-0.4, -0.2) is 34.5 Å². The van der Waals surface area contributed by atoms with E-state index >= 15 is 0 Å². The van der Waals surface area contributed by atoms with Gasteiger partial charge in [0.05, 0.1) is 5.52 Å². The molecule has 2 aliphatic heterocycles. The summed E-state index contributed by atoms with van der Waals surface area (Å²) in [5, 5.41) is 1.19. The Kier molecular flexibility index (Phi) is 3.33. The third kappa shape index (κ3) is 2.19. The fraction of sp³-hybridized carbons (Fsp3) is 0.526. The lowest BCUT2D eigenvalue weighted by molar-refractivity contribution is 0.0811. The van der Waals surface area contributed by atoms with Crippen LogP contribution in [0.1, 0.15) is 42.5 Å². The zero-order valence-electron chi connectivity index (χ0n) is 13.5. The van der Waals surface area contributed by atoms with E-state index in [4.69, 9.17) is 0 Å². The molecule has 2 aliphatic rings. The van der Waals surface area contributed by atoms with Crippen molar-refractivity contribution in [1.29, 1.82) is 0 Å². The van der Waals surface area contributed by atoms with Crippen molar-refractivity contribution in [1.82, 2.24) is 9.47 Å². The van der Waals surface area contributed by atoms with Crippen LogP contribution >= 0.6 is 0 Å². The molecule has 0 radical (unpaired) electrons. The molecule has 3 heterocycles. The van der Waals surface area contributed by atoms with Gasteiger partial charge in [0.2, 0.25) is 5.91 Å². The van der Waals surface area contributed by atoms with Crippen molar-refractivity contribution in [2.75, 3.05) is 7.05 Å². The molecule has 2 aromatic rings. The molecule has 0 spiro atoms. The number of nitrogens with zero attached hydrogens (tertiary/aromatic N) is 2. The number of aromatic nitrogens is 1. The number of carbonyl (C=O) groups is 1. The third-order valence-electron chi connectivity index (χ3n) is 5.84. The highest BCUT2D eigenvalue weighted by Gasteiger charge is 2.38. The second-order valence-corrected chi connectivity index (χ2v) is 7.19. The van der Waals surface area contributed by atoms with Gasteiger partial charge in [0, 0.05) is 30.1 Å². The topological polar surface area (TPSA) is 25.2 Å². The van der Waals surface area contributed by atoms with E-state index in [9.17, 15) is 4.79 Å². The van der Waals surface area contributed by atoms with Crippen molar-refractivity contribution < 1.29 is 4.79 Å². The Morgan fingerprint density at radius 1 is 1.18 bits per heavy atom. The number of fused-ring (bicyclic) bond motifs is 3. The molecule has 2 fully saturated rings. The molecule has 3 heteroatoms. The molecule has 3 atom stereocenters. The first-order valence-corrected chi connectivity index (χ1v) is 8.45. The quantitative estimate of drug-likeness (QED) is 0.841. The van der Waals surface area contributed by atoms with Crippen molar-refractivity contribution in [2.45, 2.75) is 51.1 Å². The lowest BCUT2D eigenvalue weighted by atomic mass is 9.88. The van der Waals surface area contributed by atoms with Crippen LogP contribution in [0.15, 0.2) is 30.5 Å². The Bertz CT molecular complexity index is 703. The molecule has 2 bridgehead atoms. The Hall–Kier alpha value is -1.61. The van der Waals surface area contributed by atoms with E-state index in [-0.39, 0.29) is 5.91 Å². The molecule has 4 rings (SSSR count). The highest BCUT2D eigenvalue weighted by Crippen LogP contribution is 2.39. The fourth-order valence-corrected chi connectivity index (χ4v) is 4.59. The summed E-state index contributed by atoms with van der Waals surface area (Å²) in [5.74, 6) is 0.820. The summed E-state index contributed by atoms with van der Waals surface area (Å²) < 4.78 is 1.88. The van der Waals surface area contributed by atoms with Crippen LogP contribution in [0, 0.1) is 12.8 Å². The van der Waals surface area contributed by atoms with Crippen molar-refractivity contribution in [3.63, 3.8) is 0 Å². The van der Waals surface area contributed by atoms with E-state index in [1.165, 1.54) is 36.6 Å². The second kappa shape index (κ2) is 5.24. The molecule has 3 nitrogen and oxygen atoms in total. The smallest absolute Gasteiger partial charge is 0.231 e. The highest BCUT2D eigenvalue weighted by molar-refractivity contribution is 5.94. The normalized spacial score (nSPS) is 28.4. The van der Waals surface area contributed by atoms with Crippen LogP contribution in [-0.2, 0) is 0 Å². The van der Waals surface area contributed by atoms with Gasteiger partial charge in [-0.25, -0.2) is 0 Å². The number of hydrogen-bond donors (Lipinski definition) is 0. The summed E-state index contributed by atoms with van der Waals surface area (Å²) >= 11 is 0. The molecule has 1 aromatic heterocycles. The Labute approximate surface area is 131 Å². The lowest BCUT2D eigenvalue weighted by Crippen LogP contribution is -2.40. The summed E-state index contributed by atoms with van der Waals surface area (Å²) in [6.07, 6.45) is 7.72. The van der Waals surface area contributed by atoms with Gasteiger partial charge in [0.15, 0.2) is 0 Å². The Balaban J connectivity index is 1.55. The van der Waals surface area contributed by atoms with Crippen LogP contribution in [0.3, 0.4) is 0 Å². The maximum atomic E-state index is 12.8. The Morgan fingerprint density at radius 3 is 2.59 bits per heavy atom. The van der Waals surface area contributed by atoms with Gasteiger partial charge in [-0.15, -0.1) is 0 Å². The number of benzene rings is 1. The molecule has 22 heavy (non-hydrogen) atoms. The molecular weight excluding hydrogens is 272 g/mol. The first kappa shape index (κ1) is 14.0. The molecule has 2 saturated heterocycles. The predicted molar refractivity (Wildman–Crippen MR) is 89.2 cm³/mol. The third-order valence-corrected chi connectivity index (χ3v) is 5.84. The minimum absolute atomic E-state index is 0.262. The zero-order valence-corrected chi connectivity index (χ0v) is 13.5. The van der Waals surface area contributed by atoms with Gasteiger partial charge in [-0.2, -0.15) is 0 Å². The lowest BCUT2D eigenvalue weighted by Gasteiger charge is -2.36. The van der Waals surface area contributed by atoms with E-state index in [0.29, 0.717) is 24.4 Å². The standard InChI is InChI=1S/C19H24N2O/c1-13-12-21(18-6-4-3-5-17(13)18)19(22)11-14-9-15-7-8-16(10-14)20(15)2/h3-6,12,14-16H,7-11H2,1-2H3/t14?,15-,16+. The highest BCUT2D eigenvalue weighted by atomic mass is 16.2. The molecule has 1 unspecified atom stereocenters. The van der Waals surface area contributed by atoms with E-state index < -0.39 is 0 Å². The van der Waals surface area contributed by atoms with Gasteiger partial charge < -0.3 is 4.90 Å². The maximum Gasteiger partial charge on any atom is 0.231 e. The molecular formula is C19H24N2O. The minimum atomic E-state index is 0.262. The van der Waals surface area contributed by atoms with E-state index in [0.717, 1.165) is 5.52 Å². The average molecular weight is 296 g/mol. The van der Waals surface area contributed by atoms with Crippen molar-refractivity contribution >= 4 is 16.8 Å². The van der Waals surface area contributed by atoms with Crippen molar-refractivity contribution in [3.05, 3.63) is 36.0 Å². The van der Waals surface area contributed by atoms with E-state index in [2.05, 4.69) is 31.0 Å². The van der Waals surface area contributed by atoms with Gasteiger partial charge >= 0.3 is 0 Å². The van der Waals surface area contributed by atoms with Crippen LogP contribution in [0.5, 0.6) is 0 Å². The number of carbonyl (C=O) groups excluding carboxylic acids is 1. The zero-order chi connectivity index (χ0) is 15.3. The number of hydrogen-bond acceptors (Lipinski definition) is 2. The van der Waals surface area contributed by atoms with Gasteiger partial charge in [-0.1, -0.05) is 18.2 Å². The average Bonchev–Trinajstić information content (AvgIpc) is 2.93. The molecule has 116 valence electrons. The molecule has 0 aliphatic carbocycles. The van der Waals surface area contributed by atoms with Crippen LogP contribution in [0.4, 0.5) is 0 Å². The van der Waals surface area contributed by atoms with Gasteiger partial charge in [-0.05, 0) is 57.2 Å².